The zero-order valence-corrected chi connectivity index (χ0v) is 18.5. The fourth-order valence-corrected chi connectivity index (χ4v) is 4.22. The number of imide groups is 1. The summed E-state index contributed by atoms with van der Waals surface area (Å²) in [6, 6.07) is 12.6. The average molecular weight is 469 g/mol. The van der Waals surface area contributed by atoms with Crippen LogP contribution in [0.3, 0.4) is 0 Å². The van der Waals surface area contributed by atoms with E-state index in [9.17, 15) is 18.8 Å². The van der Waals surface area contributed by atoms with E-state index in [1.54, 1.807) is 16.7 Å². The minimum absolute atomic E-state index is 0.0130. The maximum Gasteiger partial charge on any atom is 0.321 e. The molecule has 11 heteroatoms. The lowest BCUT2D eigenvalue weighted by atomic mass is 10.1. The highest BCUT2D eigenvalue weighted by atomic mass is 32.2. The second kappa shape index (κ2) is 9.82. The quantitative estimate of drug-likeness (QED) is 0.459. The number of amides is 4. The third-order valence-corrected chi connectivity index (χ3v) is 5.82. The van der Waals surface area contributed by atoms with Crippen LogP contribution in [0.25, 0.3) is 5.69 Å². The molecule has 2 heterocycles. The Morgan fingerprint density at radius 2 is 2.03 bits per heavy atom. The number of halogens is 1. The van der Waals surface area contributed by atoms with Crippen LogP contribution in [-0.4, -0.2) is 44.4 Å². The molecule has 1 aliphatic heterocycles. The maximum atomic E-state index is 13.8. The van der Waals surface area contributed by atoms with Crippen LogP contribution >= 0.6 is 11.8 Å². The molecule has 0 aliphatic carbocycles. The molecule has 1 atom stereocenters. The first-order valence-electron chi connectivity index (χ1n) is 10.2. The van der Waals surface area contributed by atoms with Crippen LogP contribution in [0.5, 0.6) is 0 Å². The van der Waals surface area contributed by atoms with E-state index in [0.29, 0.717) is 11.0 Å². The van der Waals surface area contributed by atoms with Crippen LogP contribution in [0.2, 0.25) is 0 Å². The Balaban J connectivity index is 1.54. The van der Waals surface area contributed by atoms with Crippen LogP contribution in [0, 0.1) is 12.7 Å². The Hall–Kier alpha value is -3.73. The minimum atomic E-state index is -0.544. The van der Waals surface area contributed by atoms with E-state index in [4.69, 9.17) is 0 Å². The SMILES string of the molecule is Cc1cccc(-n2c(CC3CC(=O)NC(=O)N3)nnc2SCC(=O)Nc2ccccc2F)c1. The minimum Gasteiger partial charge on any atom is -0.334 e. The average Bonchev–Trinajstić information content (AvgIpc) is 3.15. The fraction of sp³-hybridized carbons (Fsp3) is 0.227. The summed E-state index contributed by atoms with van der Waals surface area (Å²) in [6.07, 6.45) is 0.405. The lowest BCUT2D eigenvalue weighted by Gasteiger charge is -2.23. The van der Waals surface area contributed by atoms with Crippen LogP contribution < -0.4 is 16.0 Å². The van der Waals surface area contributed by atoms with Crippen molar-refractivity contribution in [3.8, 4) is 5.69 Å². The van der Waals surface area contributed by atoms with E-state index in [1.807, 2.05) is 31.2 Å². The van der Waals surface area contributed by atoms with Crippen molar-refractivity contribution < 1.29 is 18.8 Å². The normalized spacial score (nSPS) is 15.6. The van der Waals surface area contributed by atoms with Crippen molar-refractivity contribution in [3.05, 3.63) is 65.7 Å². The van der Waals surface area contributed by atoms with Crippen molar-refractivity contribution in [1.29, 1.82) is 0 Å². The smallest absolute Gasteiger partial charge is 0.321 e. The molecule has 33 heavy (non-hydrogen) atoms. The Bertz CT molecular complexity index is 1200. The molecule has 9 nitrogen and oxygen atoms in total. The highest BCUT2D eigenvalue weighted by molar-refractivity contribution is 7.99. The van der Waals surface area contributed by atoms with Gasteiger partial charge in [0.05, 0.1) is 11.4 Å². The van der Waals surface area contributed by atoms with Crippen LogP contribution in [0.15, 0.2) is 53.7 Å². The number of urea groups is 1. The summed E-state index contributed by atoms with van der Waals surface area (Å²) in [5.41, 5.74) is 1.92. The van der Waals surface area contributed by atoms with Gasteiger partial charge in [-0.3, -0.25) is 19.5 Å². The van der Waals surface area contributed by atoms with E-state index in [1.165, 1.54) is 12.1 Å². The predicted molar refractivity (Wildman–Crippen MR) is 121 cm³/mol. The zero-order chi connectivity index (χ0) is 23.4. The monoisotopic (exact) mass is 468 g/mol. The molecule has 0 radical (unpaired) electrons. The van der Waals surface area contributed by atoms with Gasteiger partial charge in [0.1, 0.15) is 11.6 Å². The van der Waals surface area contributed by atoms with E-state index in [-0.39, 0.29) is 36.1 Å². The summed E-state index contributed by atoms with van der Waals surface area (Å²) < 4.78 is 15.6. The molecule has 0 bridgehead atoms. The van der Waals surface area contributed by atoms with Gasteiger partial charge in [-0.1, -0.05) is 36.0 Å². The molecule has 1 saturated heterocycles. The van der Waals surface area contributed by atoms with Gasteiger partial charge in [-0.25, -0.2) is 9.18 Å². The number of aromatic nitrogens is 3. The number of hydrogen-bond donors (Lipinski definition) is 3. The second-order valence-corrected chi connectivity index (χ2v) is 8.46. The van der Waals surface area contributed by atoms with Gasteiger partial charge in [0, 0.05) is 24.6 Å². The summed E-state index contributed by atoms with van der Waals surface area (Å²) in [7, 11) is 0. The molecule has 0 spiro atoms. The first-order valence-corrected chi connectivity index (χ1v) is 11.2. The second-order valence-electron chi connectivity index (χ2n) is 7.52. The number of benzene rings is 2. The zero-order valence-electron chi connectivity index (χ0n) is 17.7. The van der Waals surface area contributed by atoms with Gasteiger partial charge in [-0.15, -0.1) is 10.2 Å². The number of hydrogen-bond acceptors (Lipinski definition) is 6. The number of carbonyl (C=O) groups excluding carboxylic acids is 3. The molecule has 1 unspecified atom stereocenters. The number of aryl methyl sites for hydroxylation is 1. The molecule has 0 saturated carbocycles. The molecular weight excluding hydrogens is 447 g/mol. The number of thioether (sulfide) groups is 1. The van der Waals surface area contributed by atoms with Crippen molar-refractivity contribution >= 4 is 35.3 Å². The number of nitrogens with one attached hydrogen (secondary N) is 3. The van der Waals surface area contributed by atoms with Gasteiger partial charge in [0.15, 0.2) is 5.16 Å². The van der Waals surface area contributed by atoms with Gasteiger partial charge in [-0.2, -0.15) is 0 Å². The largest absolute Gasteiger partial charge is 0.334 e. The molecular formula is C22H21FN6O3S. The third-order valence-electron chi connectivity index (χ3n) is 4.89. The third kappa shape index (κ3) is 5.55. The van der Waals surface area contributed by atoms with Crippen molar-refractivity contribution in [2.45, 2.75) is 31.0 Å². The molecule has 4 rings (SSSR count). The number of para-hydroxylation sites is 1. The summed E-state index contributed by atoms with van der Waals surface area (Å²) in [5, 5.41) is 16.4. The molecule has 1 fully saturated rings. The Kier molecular flexibility index (Phi) is 6.68. The number of nitrogens with zero attached hydrogens (tertiary/aromatic N) is 3. The van der Waals surface area contributed by atoms with Crippen LogP contribution in [-0.2, 0) is 16.0 Å². The molecule has 1 aromatic heterocycles. The Morgan fingerprint density at radius 1 is 1.21 bits per heavy atom. The number of carbonyl (C=O) groups is 3. The molecule has 170 valence electrons. The summed E-state index contributed by atoms with van der Waals surface area (Å²) >= 11 is 1.15. The lowest BCUT2D eigenvalue weighted by molar-refractivity contribution is -0.121. The van der Waals surface area contributed by atoms with Crippen molar-refractivity contribution in [2.75, 3.05) is 11.1 Å². The predicted octanol–water partition coefficient (Wildman–Crippen LogP) is 2.59. The molecule has 3 N–H and O–H groups in total. The molecule has 1 aliphatic rings. The maximum absolute atomic E-state index is 13.8. The Morgan fingerprint density at radius 3 is 2.79 bits per heavy atom. The number of anilines is 1. The van der Waals surface area contributed by atoms with E-state index in [0.717, 1.165) is 23.0 Å². The van der Waals surface area contributed by atoms with Gasteiger partial charge in [0.25, 0.3) is 0 Å². The molecule has 2 aromatic carbocycles. The summed E-state index contributed by atoms with van der Waals surface area (Å²) in [5.74, 6) is -0.732. The summed E-state index contributed by atoms with van der Waals surface area (Å²) in [6.45, 7) is 1.95. The van der Waals surface area contributed by atoms with Crippen LogP contribution in [0.1, 0.15) is 17.8 Å². The van der Waals surface area contributed by atoms with Gasteiger partial charge in [0.2, 0.25) is 11.8 Å². The van der Waals surface area contributed by atoms with Gasteiger partial charge < -0.3 is 10.6 Å². The van der Waals surface area contributed by atoms with E-state index < -0.39 is 17.9 Å². The molecule has 4 amide bonds. The van der Waals surface area contributed by atoms with Crippen molar-refractivity contribution in [2.24, 2.45) is 0 Å². The standard InChI is InChI=1S/C22H21FN6O3S/c1-13-5-4-6-15(9-13)29-18(10-14-11-19(30)26-21(32)24-14)27-28-22(29)33-12-20(31)25-17-8-3-2-7-16(17)23/h2-9,14H,10-12H2,1H3,(H,25,31)(H2,24,26,30,32). The fourth-order valence-electron chi connectivity index (χ4n) is 3.45. The van der Waals surface area contributed by atoms with E-state index in [2.05, 4.69) is 26.1 Å². The first-order chi connectivity index (χ1) is 15.9. The topological polar surface area (TPSA) is 118 Å². The highest BCUT2D eigenvalue weighted by Crippen LogP contribution is 2.24. The Labute approximate surface area is 193 Å². The number of rotatable bonds is 7. The van der Waals surface area contributed by atoms with Gasteiger partial charge >= 0.3 is 6.03 Å². The summed E-state index contributed by atoms with van der Waals surface area (Å²) in [4.78, 5) is 35.8. The molecule has 3 aromatic rings. The van der Waals surface area contributed by atoms with Gasteiger partial charge in [-0.05, 0) is 36.8 Å². The van der Waals surface area contributed by atoms with Crippen molar-refractivity contribution in [3.63, 3.8) is 0 Å². The lowest BCUT2D eigenvalue weighted by Crippen LogP contribution is -2.53. The first kappa shape index (κ1) is 22.5. The van der Waals surface area contributed by atoms with E-state index >= 15 is 0 Å². The van der Waals surface area contributed by atoms with Crippen LogP contribution in [0.4, 0.5) is 14.9 Å². The highest BCUT2D eigenvalue weighted by Gasteiger charge is 2.27. The van der Waals surface area contributed by atoms with Crippen molar-refractivity contribution in [1.82, 2.24) is 25.4 Å².